The molecule has 0 aliphatic carbocycles. The first-order valence-electron chi connectivity index (χ1n) is 10.4. The molecule has 1 aromatic heterocycles. The van der Waals surface area contributed by atoms with E-state index in [1.165, 1.54) is 12.8 Å². The normalized spacial score (nSPS) is 18.0. The Morgan fingerprint density at radius 1 is 1.10 bits per heavy atom. The van der Waals surface area contributed by atoms with E-state index in [4.69, 9.17) is 16.3 Å². The van der Waals surface area contributed by atoms with Gasteiger partial charge in [-0.05, 0) is 67.3 Å². The second kappa shape index (κ2) is 8.11. The predicted octanol–water partition coefficient (Wildman–Crippen LogP) is 4.51. The third-order valence-corrected chi connectivity index (χ3v) is 6.05. The lowest BCUT2D eigenvalue weighted by Crippen LogP contribution is -2.32. The fourth-order valence-electron chi connectivity index (χ4n) is 4.18. The summed E-state index contributed by atoms with van der Waals surface area (Å²) in [4.78, 5) is 12.8. The Morgan fingerprint density at radius 3 is 2.83 bits per heavy atom. The molecule has 0 spiro atoms. The number of ether oxygens (including phenoxy) is 1. The van der Waals surface area contributed by atoms with Gasteiger partial charge in [-0.25, -0.2) is 0 Å². The highest BCUT2D eigenvalue weighted by atomic mass is 35.5. The Balaban J connectivity index is 1.28. The van der Waals surface area contributed by atoms with Crippen molar-refractivity contribution in [2.75, 3.05) is 11.9 Å². The van der Waals surface area contributed by atoms with Gasteiger partial charge in [-0.2, -0.15) is 0 Å². The van der Waals surface area contributed by atoms with Gasteiger partial charge in [0.15, 0.2) is 5.82 Å². The summed E-state index contributed by atoms with van der Waals surface area (Å²) in [6.07, 6.45) is 5.16. The molecule has 0 fully saturated rings. The van der Waals surface area contributed by atoms with E-state index < -0.39 is 0 Å². The first kappa shape index (κ1) is 19.1. The second-order valence-corrected chi connectivity index (χ2v) is 8.37. The Hall–Kier alpha value is -2.86. The zero-order valence-electron chi connectivity index (χ0n) is 16.6. The number of nitrogens with zero attached hydrogens (tertiary/aromatic N) is 3. The molecule has 3 heterocycles. The molecule has 1 amide bonds. The maximum absolute atomic E-state index is 12.8. The average Bonchev–Trinajstić information content (AvgIpc) is 3.01. The standard InChI is InChI=1S/C23H23ClN4O2/c24-18-7-10-20-16(13-18)12-17(14-30-20)23(29)25-19-8-5-15(6-9-19)22-27-26-21-4-2-1-3-11-28(21)22/h5-10,13,17H,1-4,11-12,14H2,(H,25,29)/t17-/m1/s1. The number of halogens is 1. The number of hydrogen-bond donors (Lipinski definition) is 1. The van der Waals surface area contributed by atoms with Crippen LogP contribution in [-0.4, -0.2) is 27.3 Å². The molecular weight excluding hydrogens is 400 g/mol. The number of amides is 1. The topological polar surface area (TPSA) is 69.0 Å². The largest absolute Gasteiger partial charge is 0.492 e. The SMILES string of the molecule is O=C(Nc1ccc(-c2nnc3n2CCCCC3)cc1)[C@H]1COc2ccc(Cl)cc2C1. The van der Waals surface area contributed by atoms with E-state index in [1.807, 2.05) is 36.4 Å². The molecule has 0 unspecified atom stereocenters. The quantitative estimate of drug-likeness (QED) is 0.674. The molecule has 0 saturated carbocycles. The van der Waals surface area contributed by atoms with E-state index in [0.29, 0.717) is 18.1 Å². The van der Waals surface area contributed by atoms with Gasteiger partial charge in [0.2, 0.25) is 5.91 Å². The smallest absolute Gasteiger partial charge is 0.231 e. The molecule has 1 atom stereocenters. The van der Waals surface area contributed by atoms with Gasteiger partial charge < -0.3 is 14.6 Å². The van der Waals surface area contributed by atoms with E-state index in [0.717, 1.165) is 53.6 Å². The number of benzene rings is 2. The van der Waals surface area contributed by atoms with Gasteiger partial charge in [-0.15, -0.1) is 10.2 Å². The van der Waals surface area contributed by atoms with Crippen LogP contribution in [-0.2, 0) is 24.2 Å². The number of aryl methyl sites for hydroxylation is 1. The van der Waals surface area contributed by atoms with Crippen LogP contribution in [0.5, 0.6) is 5.75 Å². The van der Waals surface area contributed by atoms with Crippen LogP contribution < -0.4 is 10.1 Å². The van der Waals surface area contributed by atoms with Crippen molar-refractivity contribution >= 4 is 23.2 Å². The summed E-state index contributed by atoms with van der Waals surface area (Å²) < 4.78 is 7.97. The third-order valence-electron chi connectivity index (χ3n) is 5.82. The number of anilines is 1. The summed E-state index contributed by atoms with van der Waals surface area (Å²) >= 11 is 6.08. The van der Waals surface area contributed by atoms with Crippen LogP contribution in [0.15, 0.2) is 42.5 Å². The molecule has 0 bridgehead atoms. The van der Waals surface area contributed by atoms with Crippen LogP contribution in [0.2, 0.25) is 5.02 Å². The van der Waals surface area contributed by atoms with Crippen LogP contribution in [0.3, 0.4) is 0 Å². The summed E-state index contributed by atoms with van der Waals surface area (Å²) in [6, 6.07) is 13.3. The number of hydrogen-bond acceptors (Lipinski definition) is 4. The van der Waals surface area contributed by atoms with Crippen LogP contribution >= 0.6 is 11.6 Å². The lowest BCUT2D eigenvalue weighted by molar-refractivity contribution is -0.121. The lowest BCUT2D eigenvalue weighted by atomic mass is 9.96. The van der Waals surface area contributed by atoms with Crippen molar-refractivity contribution in [3.63, 3.8) is 0 Å². The van der Waals surface area contributed by atoms with E-state index in [1.54, 1.807) is 6.07 Å². The van der Waals surface area contributed by atoms with Gasteiger partial charge in [-0.1, -0.05) is 18.0 Å². The van der Waals surface area contributed by atoms with Crippen molar-refractivity contribution in [1.29, 1.82) is 0 Å². The van der Waals surface area contributed by atoms with Gasteiger partial charge >= 0.3 is 0 Å². The van der Waals surface area contributed by atoms with E-state index >= 15 is 0 Å². The van der Waals surface area contributed by atoms with Gasteiger partial charge in [0, 0.05) is 29.2 Å². The minimum atomic E-state index is -0.247. The van der Waals surface area contributed by atoms with Gasteiger partial charge in [-0.3, -0.25) is 4.79 Å². The minimum Gasteiger partial charge on any atom is -0.492 e. The van der Waals surface area contributed by atoms with E-state index in [-0.39, 0.29) is 11.8 Å². The van der Waals surface area contributed by atoms with Crippen LogP contribution in [0, 0.1) is 5.92 Å². The maximum Gasteiger partial charge on any atom is 0.231 e. The summed E-state index contributed by atoms with van der Waals surface area (Å²) in [5.41, 5.74) is 2.74. The van der Waals surface area contributed by atoms with Gasteiger partial charge in [0.05, 0.1) is 5.92 Å². The van der Waals surface area contributed by atoms with Crippen molar-refractivity contribution in [1.82, 2.24) is 14.8 Å². The molecule has 30 heavy (non-hydrogen) atoms. The Kier molecular flexibility index (Phi) is 5.17. The van der Waals surface area contributed by atoms with Crippen molar-refractivity contribution in [2.45, 2.75) is 38.6 Å². The zero-order valence-corrected chi connectivity index (χ0v) is 17.4. The predicted molar refractivity (Wildman–Crippen MR) is 116 cm³/mol. The third kappa shape index (κ3) is 3.79. The maximum atomic E-state index is 12.8. The highest BCUT2D eigenvalue weighted by molar-refractivity contribution is 6.30. The molecule has 2 aliphatic heterocycles. The van der Waals surface area contributed by atoms with Crippen molar-refractivity contribution in [2.24, 2.45) is 5.92 Å². The van der Waals surface area contributed by atoms with Crippen molar-refractivity contribution < 1.29 is 9.53 Å². The van der Waals surface area contributed by atoms with E-state index in [9.17, 15) is 4.79 Å². The van der Waals surface area contributed by atoms with Crippen LogP contribution in [0.4, 0.5) is 5.69 Å². The minimum absolute atomic E-state index is 0.0512. The molecule has 6 nitrogen and oxygen atoms in total. The van der Waals surface area contributed by atoms with Crippen molar-refractivity contribution in [3.8, 4) is 17.1 Å². The molecule has 154 valence electrons. The zero-order chi connectivity index (χ0) is 20.5. The number of aromatic nitrogens is 3. The number of rotatable bonds is 3. The Bertz CT molecular complexity index is 1080. The molecule has 1 N–H and O–H groups in total. The molecule has 2 aliphatic rings. The molecule has 2 aromatic carbocycles. The highest BCUT2D eigenvalue weighted by Crippen LogP contribution is 2.30. The first-order chi connectivity index (χ1) is 14.7. The number of carbonyl (C=O) groups excluding carboxylic acids is 1. The molecule has 5 rings (SSSR count). The Morgan fingerprint density at radius 2 is 1.97 bits per heavy atom. The molecule has 0 radical (unpaired) electrons. The fraction of sp³-hybridized carbons (Fsp3) is 0.348. The molecule has 3 aromatic rings. The molecule has 7 heteroatoms. The Labute approximate surface area is 180 Å². The molecular formula is C23H23ClN4O2. The van der Waals surface area contributed by atoms with Gasteiger partial charge in [0.1, 0.15) is 18.2 Å². The van der Waals surface area contributed by atoms with Gasteiger partial charge in [0.25, 0.3) is 0 Å². The summed E-state index contributed by atoms with van der Waals surface area (Å²) in [5, 5.41) is 12.4. The number of fused-ring (bicyclic) bond motifs is 2. The summed E-state index contributed by atoms with van der Waals surface area (Å²) in [6.45, 7) is 1.33. The first-order valence-corrected chi connectivity index (χ1v) is 10.8. The summed E-state index contributed by atoms with van der Waals surface area (Å²) in [5.74, 6) is 2.48. The molecule has 0 saturated heterocycles. The lowest BCUT2D eigenvalue weighted by Gasteiger charge is -2.24. The number of nitrogens with one attached hydrogen (secondary N) is 1. The van der Waals surface area contributed by atoms with E-state index in [2.05, 4.69) is 20.1 Å². The summed E-state index contributed by atoms with van der Waals surface area (Å²) in [7, 11) is 0. The fourth-order valence-corrected chi connectivity index (χ4v) is 4.37. The van der Waals surface area contributed by atoms with Crippen LogP contribution in [0.25, 0.3) is 11.4 Å². The highest BCUT2D eigenvalue weighted by Gasteiger charge is 2.26. The average molecular weight is 423 g/mol. The van der Waals surface area contributed by atoms with Crippen LogP contribution in [0.1, 0.15) is 30.7 Å². The monoisotopic (exact) mass is 422 g/mol. The number of carbonyl (C=O) groups is 1. The van der Waals surface area contributed by atoms with Crippen molar-refractivity contribution in [3.05, 3.63) is 58.9 Å². The second-order valence-electron chi connectivity index (χ2n) is 7.93.